The number of nitrogens with one attached hydrogen (secondary N) is 1. The Morgan fingerprint density at radius 1 is 1.40 bits per heavy atom. The maximum atomic E-state index is 12.2. The Balaban J connectivity index is 2.15. The average molecular weight is 314 g/mol. The van der Waals surface area contributed by atoms with Crippen LogP contribution in [0, 0.1) is 13.8 Å². The quantitative estimate of drug-likeness (QED) is 0.916. The molecule has 0 aromatic carbocycles. The molecule has 2 aromatic heterocycles. The monoisotopic (exact) mass is 314 g/mol. The molecule has 0 aliphatic rings. The zero-order valence-electron chi connectivity index (χ0n) is 11.9. The third-order valence-corrected chi connectivity index (χ3v) is 5.99. The van der Waals surface area contributed by atoms with E-state index in [0.29, 0.717) is 10.0 Å². The summed E-state index contributed by atoms with van der Waals surface area (Å²) in [5.41, 5.74) is 0.987. The lowest BCUT2D eigenvalue weighted by Crippen LogP contribution is -2.25. The van der Waals surface area contributed by atoms with Crippen molar-refractivity contribution in [3.8, 4) is 0 Å². The van der Waals surface area contributed by atoms with Crippen LogP contribution in [0.2, 0.25) is 0 Å². The molecule has 0 atom stereocenters. The Bertz CT molecular complexity index is 681. The van der Waals surface area contributed by atoms with E-state index in [0.717, 1.165) is 10.4 Å². The minimum atomic E-state index is -3.49. The molecule has 0 fully saturated rings. The lowest BCUT2D eigenvalue weighted by atomic mass is 10.3. The number of aromatic nitrogens is 3. The molecule has 2 heterocycles. The van der Waals surface area contributed by atoms with Crippen molar-refractivity contribution in [2.24, 2.45) is 0 Å². The molecule has 2 rings (SSSR count). The summed E-state index contributed by atoms with van der Waals surface area (Å²) in [6, 6.07) is 1.83. The summed E-state index contributed by atoms with van der Waals surface area (Å²) in [4.78, 5) is 5.10. The second-order valence-corrected chi connectivity index (χ2v) is 8.09. The molecule has 0 saturated heterocycles. The van der Waals surface area contributed by atoms with Gasteiger partial charge in [0.2, 0.25) is 10.0 Å². The van der Waals surface area contributed by atoms with Crippen LogP contribution >= 0.6 is 11.3 Å². The number of nitrogens with zero attached hydrogens (tertiary/aromatic N) is 3. The van der Waals surface area contributed by atoms with Crippen molar-refractivity contribution in [2.45, 2.75) is 44.5 Å². The van der Waals surface area contributed by atoms with Crippen LogP contribution in [0.15, 0.2) is 16.6 Å². The van der Waals surface area contributed by atoms with E-state index in [1.165, 1.54) is 17.7 Å². The summed E-state index contributed by atoms with van der Waals surface area (Å²) in [5.74, 6) is 0.605. The van der Waals surface area contributed by atoms with E-state index in [9.17, 15) is 8.42 Å². The van der Waals surface area contributed by atoms with Crippen molar-refractivity contribution in [2.75, 3.05) is 0 Å². The molecule has 20 heavy (non-hydrogen) atoms. The fourth-order valence-corrected chi connectivity index (χ4v) is 4.28. The first-order chi connectivity index (χ1) is 9.31. The lowest BCUT2D eigenvalue weighted by molar-refractivity contribution is 0.499. The molecule has 0 amide bonds. The molecule has 8 heteroatoms. The number of aryl methyl sites for hydroxylation is 2. The zero-order valence-corrected chi connectivity index (χ0v) is 13.5. The van der Waals surface area contributed by atoms with Gasteiger partial charge in [0, 0.05) is 10.9 Å². The van der Waals surface area contributed by atoms with Crippen LogP contribution in [-0.2, 0) is 16.6 Å². The van der Waals surface area contributed by atoms with Gasteiger partial charge in [-0.3, -0.25) is 0 Å². The lowest BCUT2D eigenvalue weighted by Gasteiger charge is -2.09. The highest BCUT2D eigenvalue weighted by Gasteiger charge is 2.19. The van der Waals surface area contributed by atoms with Crippen LogP contribution in [0.5, 0.6) is 0 Å². The van der Waals surface area contributed by atoms with E-state index in [2.05, 4.69) is 14.8 Å². The molecule has 6 nitrogen and oxygen atoms in total. The second-order valence-electron chi connectivity index (χ2n) is 4.84. The van der Waals surface area contributed by atoms with Gasteiger partial charge < -0.3 is 0 Å². The van der Waals surface area contributed by atoms with Crippen LogP contribution in [-0.4, -0.2) is 23.2 Å². The number of rotatable bonds is 5. The van der Waals surface area contributed by atoms with E-state index in [-0.39, 0.29) is 12.6 Å². The van der Waals surface area contributed by atoms with Gasteiger partial charge in [0.1, 0.15) is 16.4 Å². The predicted octanol–water partition coefficient (Wildman–Crippen LogP) is 2.02. The van der Waals surface area contributed by atoms with E-state index in [1.54, 1.807) is 10.7 Å². The first-order valence-electron chi connectivity index (χ1n) is 6.26. The van der Waals surface area contributed by atoms with Crippen LogP contribution in [0.25, 0.3) is 0 Å². The fraction of sp³-hybridized carbons (Fsp3) is 0.500. The van der Waals surface area contributed by atoms with Crippen LogP contribution in [0.1, 0.15) is 36.2 Å². The van der Waals surface area contributed by atoms with Gasteiger partial charge in [-0.05, 0) is 39.3 Å². The summed E-state index contributed by atoms with van der Waals surface area (Å²) in [6.07, 6.45) is 1.43. The van der Waals surface area contributed by atoms with Crippen molar-refractivity contribution in [3.05, 3.63) is 28.7 Å². The van der Waals surface area contributed by atoms with Crippen molar-refractivity contribution in [1.29, 1.82) is 0 Å². The molecule has 0 aliphatic carbocycles. The molecule has 0 bridgehead atoms. The average Bonchev–Trinajstić information content (AvgIpc) is 2.95. The first kappa shape index (κ1) is 15.1. The summed E-state index contributed by atoms with van der Waals surface area (Å²) in [7, 11) is -3.49. The highest BCUT2D eigenvalue weighted by atomic mass is 32.2. The predicted molar refractivity (Wildman–Crippen MR) is 78.2 cm³/mol. The molecule has 1 N–H and O–H groups in total. The second kappa shape index (κ2) is 5.63. The van der Waals surface area contributed by atoms with E-state index >= 15 is 0 Å². The molecular weight excluding hydrogens is 296 g/mol. The molecule has 0 radical (unpaired) electrons. The van der Waals surface area contributed by atoms with Crippen molar-refractivity contribution in [3.63, 3.8) is 0 Å². The number of sulfonamides is 1. The number of hydrogen-bond donors (Lipinski definition) is 1. The molecule has 0 unspecified atom stereocenters. The topological polar surface area (TPSA) is 76.9 Å². The highest BCUT2D eigenvalue weighted by molar-refractivity contribution is 7.91. The molecule has 0 aliphatic heterocycles. The first-order valence-corrected chi connectivity index (χ1v) is 8.56. The van der Waals surface area contributed by atoms with E-state index < -0.39 is 10.0 Å². The molecule has 110 valence electrons. The van der Waals surface area contributed by atoms with Crippen LogP contribution < -0.4 is 4.72 Å². The zero-order chi connectivity index (χ0) is 14.9. The van der Waals surface area contributed by atoms with E-state index in [4.69, 9.17) is 0 Å². The van der Waals surface area contributed by atoms with Crippen LogP contribution in [0.3, 0.4) is 0 Å². The standard InChI is InChI=1S/C12H18N4O2S2/c1-8(2)16-11(13-7-14-16)6-15-20(17,18)12-5-9(3)10(4)19-12/h5,7-8,15H,6H2,1-4H3. The summed E-state index contributed by atoms with van der Waals surface area (Å²) in [5, 5.41) is 4.08. The summed E-state index contributed by atoms with van der Waals surface area (Å²) >= 11 is 1.28. The van der Waals surface area contributed by atoms with Crippen molar-refractivity contribution >= 4 is 21.4 Å². The van der Waals surface area contributed by atoms with Gasteiger partial charge in [-0.1, -0.05) is 0 Å². The molecular formula is C12H18N4O2S2. The third kappa shape index (κ3) is 3.08. The van der Waals surface area contributed by atoms with Gasteiger partial charge in [-0.15, -0.1) is 11.3 Å². The molecule has 0 spiro atoms. The normalized spacial score (nSPS) is 12.2. The Labute approximate surface area is 122 Å². The van der Waals surface area contributed by atoms with Gasteiger partial charge in [0.25, 0.3) is 0 Å². The minimum Gasteiger partial charge on any atom is -0.246 e. The maximum absolute atomic E-state index is 12.2. The molecule has 0 saturated carbocycles. The van der Waals surface area contributed by atoms with Crippen molar-refractivity contribution < 1.29 is 8.42 Å². The Morgan fingerprint density at radius 3 is 2.65 bits per heavy atom. The fourth-order valence-electron chi connectivity index (χ4n) is 1.73. The largest absolute Gasteiger partial charge is 0.250 e. The minimum absolute atomic E-state index is 0.135. The van der Waals surface area contributed by atoms with Gasteiger partial charge in [0.05, 0.1) is 6.54 Å². The summed E-state index contributed by atoms with van der Waals surface area (Å²) < 4.78 is 29.0. The number of thiophene rings is 1. The molecule has 2 aromatic rings. The van der Waals surface area contributed by atoms with Gasteiger partial charge >= 0.3 is 0 Å². The number of hydrogen-bond acceptors (Lipinski definition) is 5. The van der Waals surface area contributed by atoms with Crippen molar-refractivity contribution in [1.82, 2.24) is 19.5 Å². The SMILES string of the molecule is Cc1cc(S(=O)(=O)NCc2ncnn2C(C)C)sc1C. The van der Waals surface area contributed by atoms with Crippen LogP contribution in [0.4, 0.5) is 0 Å². The smallest absolute Gasteiger partial charge is 0.246 e. The maximum Gasteiger partial charge on any atom is 0.250 e. The third-order valence-electron chi connectivity index (χ3n) is 2.96. The Morgan fingerprint density at radius 2 is 2.10 bits per heavy atom. The Kier molecular flexibility index (Phi) is 4.26. The van der Waals surface area contributed by atoms with E-state index in [1.807, 2.05) is 27.7 Å². The van der Waals surface area contributed by atoms with Gasteiger partial charge in [-0.25, -0.2) is 22.8 Å². The summed E-state index contributed by atoms with van der Waals surface area (Å²) in [6.45, 7) is 7.89. The highest BCUT2D eigenvalue weighted by Crippen LogP contribution is 2.24. The van der Waals surface area contributed by atoms with Gasteiger partial charge in [-0.2, -0.15) is 5.10 Å². The Hall–Kier alpha value is -1.25. The van der Waals surface area contributed by atoms with Gasteiger partial charge in [0.15, 0.2) is 0 Å².